The van der Waals surface area contributed by atoms with Crippen LogP contribution in [-0.4, -0.2) is 32.8 Å². The summed E-state index contributed by atoms with van der Waals surface area (Å²) in [6.07, 6.45) is 2.02. The first-order valence-electron chi connectivity index (χ1n) is 9.03. The number of aromatic nitrogens is 2. The van der Waals surface area contributed by atoms with Gasteiger partial charge >= 0.3 is 5.97 Å². The Kier molecular flexibility index (Phi) is 6.21. The second-order valence-corrected chi connectivity index (χ2v) is 7.82. The van der Waals surface area contributed by atoms with Crippen LogP contribution in [0.15, 0.2) is 18.2 Å². The van der Waals surface area contributed by atoms with Crippen LogP contribution in [-0.2, 0) is 11.3 Å². The lowest BCUT2D eigenvalue weighted by atomic mass is 9.86. The van der Waals surface area contributed by atoms with Gasteiger partial charge in [0.25, 0.3) is 5.91 Å². The molecule has 0 saturated carbocycles. The molecule has 1 amide bonds. The summed E-state index contributed by atoms with van der Waals surface area (Å²) >= 11 is 0. The summed E-state index contributed by atoms with van der Waals surface area (Å²) in [5, 5.41) is 25.9. The molecule has 1 atom stereocenters. The number of carboxylic acids is 1. The maximum atomic E-state index is 12.8. The Balaban J connectivity index is 2.36. The molecule has 7 heteroatoms. The number of benzene rings is 1. The first-order valence-corrected chi connectivity index (χ1v) is 9.03. The Labute approximate surface area is 159 Å². The average Bonchev–Trinajstić information content (AvgIpc) is 2.93. The normalized spacial score (nSPS) is 12.6. The summed E-state index contributed by atoms with van der Waals surface area (Å²) in [7, 11) is 0. The summed E-state index contributed by atoms with van der Waals surface area (Å²) in [6.45, 7) is 7.82. The van der Waals surface area contributed by atoms with Gasteiger partial charge in [0.15, 0.2) is 5.69 Å². The number of hydrogen-bond acceptors (Lipinski definition) is 4. The molecule has 2 N–H and O–H groups in total. The number of unbranched alkanes of at least 4 members (excludes halogenated alkanes) is 2. The molecule has 0 spiro atoms. The van der Waals surface area contributed by atoms with E-state index in [2.05, 4.69) is 16.5 Å². The van der Waals surface area contributed by atoms with Crippen LogP contribution in [0.1, 0.15) is 56.1 Å². The summed E-state index contributed by atoms with van der Waals surface area (Å²) in [4.78, 5) is 24.4. The molecule has 0 fully saturated rings. The molecule has 2 rings (SSSR count). The standard InChI is InChI=1S/C20H26N4O3/c1-13-8-9-15-14(12-13)16(23-24(15)11-7-5-6-10-21)18(25)22-17(19(26)27)20(2,3)4/h8-9,12,17H,5-7,11H2,1-4H3,(H,22,25)(H,26,27). The second-order valence-electron chi connectivity index (χ2n) is 7.82. The third kappa shape index (κ3) is 4.85. The van der Waals surface area contributed by atoms with Crippen LogP contribution in [0.25, 0.3) is 10.9 Å². The number of carbonyl (C=O) groups is 2. The van der Waals surface area contributed by atoms with Crippen LogP contribution in [0.3, 0.4) is 0 Å². The highest BCUT2D eigenvalue weighted by Gasteiger charge is 2.33. The molecule has 0 saturated heterocycles. The zero-order valence-electron chi connectivity index (χ0n) is 16.2. The molecule has 2 aromatic rings. The summed E-state index contributed by atoms with van der Waals surface area (Å²) in [5.74, 6) is -1.57. The average molecular weight is 370 g/mol. The van der Waals surface area contributed by atoms with E-state index in [9.17, 15) is 14.7 Å². The number of fused-ring (bicyclic) bond motifs is 1. The fourth-order valence-corrected chi connectivity index (χ4v) is 2.95. The van der Waals surface area contributed by atoms with Crippen LogP contribution < -0.4 is 5.32 Å². The number of hydrogen-bond donors (Lipinski definition) is 2. The number of amides is 1. The number of nitriles is 1. The van der Waals surface area contributed by atoms with Gasteiger partial charge in [0, 0.05) is 18.4 Å². The predicted molar refractivity (Wildman–Crippen MR) is 102 cm³/mol. The number of carbonyl (C=O) groups excluding carboxylic acids is 1. The topological polar surface area (TPSA) is 108 Å². The van der Waals surface area contributed by atoms with Crippen molar-refractivity contribution in [3.8, 4) is 6.07 Å². The minimum atomic E-state index is -1.08. The van der Waals surface area contributed by atoms with Crippen molar-refractivity contribution >= 4 is 22.8 Å². The van der Waals surface area contributed by atoms with Crippen molar-refractivity contribution in [1.82, 2.24) is 15.1 Å². The molecule has 0 aliphatic rings. The van der Waals surface area contributed by atoms with E-state index in [4.69, 9.17) is 5.26 Å². The number of aliphatic carboxylic acids is 1. The highest BCUT2D eigenvalue weighted by atomic mass is 16.4. The van der Waals surface area contributed by atoms with Gasteiger partial charge in [-0.15, -0.1) is 0 Å². The Bertz CT molecular complexity index is 887. The molecule has 1 aromatic carbocycles. The van der Waals surface area contributed by atoms with Gasteiger partial charge in [-0.05, 0) is 37.3 Å². The van der Waals surface area contributed by atoms with Crippen molar-refractivity contribution in [3.05, 3.63) is 29.5 Å². The van der Waals surface area contributed by atoms with Crippen molar-refractivity contribution in [3.63, 3.8) is 0 Å². The Morgan fingerprint density at radius 1 is 1.33 bits per heavy atom. The van der Waals surface area contributed by atoms with Gasteiger partial charge in [0.2, 0.25) is 0 Å². The number of aryl methyl sites for hydroxylation is 2. The van der Waals surface area contributed by atoms with Gasteiger partial charge in [-0.25, -0.2) is 4.79 Å². The first kappa shape index (κ1) is 20.4. The lowest BCUT2D eigenvalue weighted by molar-refractivity contribution is -0.142. The van der Waals surface area contributed by atoms with Crippen LogP contribution in [0.2, 0.25) is 0 Å². The van der Waals surface area contributed by atoms with E-state index in [0.717, 1.165) is 23.9 Å². The quantitative estimate of drug-likeness (QED) is 0.727. The van der Waals surface area contributed by atoms with Gasteiger partial charge in [0.05, 0.1) is 11.6 Å². The van der Waals surface area contributed by atoms with Crippen LogP contribution >= 0.6 is 0 Å². The second kappa shape index (κ2) is 8.21. The van der Waals surface area contributed by atoms with Crippen LogP contribution in [0.4, 0.5) is 0 Å². The Morgan fingerprint density at radius 3 is 2.63 bits per heavy atom. The maximum Gasteiger partial charge on any atom is 0.326 e. The number of rotatable bonds is 7. The zero-order valence-corrected chi connectivity index (χ0v) is 16.2. The highest BCUT2D eigenvalue weighted by molar-refractivity contribution is 6.06. The van der Waals surface area contributed by atoms with E-state index in [0.29, 0.717) is 18.4 Å². The largest absolute Gasteiger partial charge is 0.480 e. The number of carboxylic acid groups (broad SMARTS) is 1. The van der Waals surface area contributed by atoms with Gasteiger partial charge in [-0.1, -0.05) is 32.4 Å². The first-order chi connectivity index (χ1) is 12.6. The van der Waals surface area contributed by atoms with Gasteiger partial charge in [-0.2, -0.15) is 10.4 Å². The minimum Gasteiger partial charge on any atom is -0.480 e. The summed E-state index contributed by atoms with van der Waals surface area (Å²) in [5.41, 5.74) is 1.41. The van der Waals surface area contributed by atoms with Gasteiger partial charge in [0.1, 0.15) is 6.04 Å². The van der Waals surface area contributed by atoms with E-state index in [-0.39, 0.29) is 5.69 Å². The lowest BCUT2D eigenvalue weighted by Gasteiger charge is -2.27. The third-order valence-corrected chi connectivity index (χ3v) is 4.42. The monoisotopic (exact) mass is 370 g/mol. The molecule has 1 aromatic heterocycles. The van der Waals surface area contributed by atoms with Crippen molar-refractivity contribution in [2.24, 2.45) is 5.41 Å². The Morgan fingerprint density at radius 2 is 2.04 bits per heavy atom. The van der Waals surface area contributed by atoms with Crippen molar-refractivity contribution in [2.75, 3.05) is 0 Å². The lowest BCUT2D eigenvalue weighted by Crippen LogP contribution is -2.49. The molecule has 144 valence electrons. The predicted octanol–water partition coefficient (Wildman–Crippen LogP) is 3.27. The fourth-order valence-electron chi connectivity index (χ4n) is 2.95. The van der Waals surface area contributed by atoms with E-state index < -0.39 is 23.3 Å². The molecule has 27 heavy (non-hydrogen) atoms. The molecular weight excluding hydrogens is 344 g/mol. The Hall–Kier alpha value is -2.88. The highest BCUT2D eigenvalue weighted by Crippen LogP contribution is 2.23. The van der Waals surface area contributed by atoms with Gasteiger partial charge < -0.3 is 10.4 Å². The minimum absolute atomic E-state index is 0.226. The summed E-state index contributed by atoms with van der Waals surface area (Å²) < 4.78 is 1.76. The molecule has 0 aliphatic heterocycles. The fraction of sp³-hybridized carbons (Fsp3) is 0.500. The number of nitrogens with zero attached hydrogens (tertiary/aromatic N) is 3. The molecule has 0 bridgehead atoms. The molecule has 7 nitrogen and oxygen atoms in total. The van der Waals surface area contributed by atoms with Crippen LogP contribution in [0.5, 0.6) is 0 Å². The SMILES string of the molecule is Cc1ccc2c(c1)c(C(=O)NC(C(=O)O)C(C)(C)C)nn2CCCCC#N. The zero-order chi connectivity index (χ0) is 20.2. The van der Waals surface area contributed by atoms with E-state index in [1.807, 2.05) is 25.1 Å². The molecule has 1 unspecified atom stereocenters. The van der Waals surface area contributed by atoms with Gasteiger partial charge in [-0.3, -0.25) is 9.48 Å². The summed E-state index contributed by atoms with van der Waals surface area (Å²) in [6, 6.07) is 6.85. The van der Waals surface area contributed by atoms with E-state index >= 15 is 0 Å². The smallest absolute Gasteiger partial charge is 0.326 e. The maximum absolute atomic E-state index is 12.8. The molecule has 0 radical (unpaired) electrons. The molecular formula is C20H26N4O3. The van der Waals surface area contributed by atoms with Crippen molar-refractivity contribution in [2.45, 2.75) is 59.5 Å². The number of nitrogens with one attached hydrogen (secondary N) is 1. The van der Waals surface area contributed by atoms with Crippen LogP contribution in [0, 0.1) is 23.7 Å². The van der Waals surface area contributed by atoms with Crippen molar-refractivity contribution in [1.29, 1.82) is 5.26 Å². The van der Waals surface area contributed by atoms with Crippen molar-refractivity contribution < 1.29 is 14.7 Å². The van der Waals surface area contributed by atoms with E-state index in [1.54, 1.807) is 25.5 Å². The molecule has 0 aliphatic carbocycles. The molecule has 1 heterocycles. The van der Waals surface area contributed by atoms with E-state index in [1.165, 1.54) is 0 Å². The third-order valence-electron chi connectivity index (χ3n) is 4.42.